The zero-order chi connectivity index (χ0) is 11.3. The first-order valence-electron chi connectivity index (χ1n) is 4.86. The first-order chi connectivity index (χ1) is 7.10. The maximum absolute atomic E-state index is 10.9. The van der Waals surface area contributed by atoms with Crippen LogP contribution in [0.25, 0.3) is 0 Å². The standard InChI is InChI=1S/C10H15NO4/c1-2-7-15-9(14)11-6-5-10(3-4-10)8(12)13/h2H,1,3-7H2,(H,11,14)(H,12,13). The zero-order valence-electron chi connectivity index (χ0n) is 8.49. The Morgan fingerprint density at radius 1 is 1.53 bits per heavy atom. The molecule has 15 heavy (non-hydrogen) atoms. The van der Waals surface area contributed by atoms with Gasteiger partial charge in [-0.25, -0.2) is 4.79 Å². The molecule has 1 aliphatic rings. The molecule has 1 rings (SSSR count). The number of carbonyl (C=O) groups is 2. The Hall–Kier alpha value is -1.52. The molecule has 0 spiro atoms. The molecule has 5 heteroatoms. The van der Waals surface area contributed by atoms with E-state index >= 15 is 0 Å². The van der Waals surface area contributed by atoms with Gasteiger partial charge in [-0.05, 0) is 19.3 Å². The fourth-order valence-corrected chi connectivity index (χ4v) is 1.31. The minimum Gasteiger partial charge on any atom is -0.481 e. The van der Waals surface area contributed by atoms with Crippen molar-refractivity contribution in [2.24, 2.45) is 5.41 Å². The van der Waals surface area contributed by atoms with Crippen molar-refractivity contribution < 1.29 is 19.4 Å². The van der Waals surface area contributed by atoms with Crippen molar-refractivity contribution in [3.63, 3.8) is 0 Å². The Kier molecular flexibility index (Phi) is 3.71. The molecule has 0 aromatic rings. The van der Waals surface area contributed by atoms with Crippen molar-refractivity contribution in [2.75, 3.05) is 13.2 Å². The van der Waals surface area contributed by atoms with Gasteiger partial charge in [-0.1, -0.05) is 12.7 Å². The average Bonchev–Trinajstić information content (AvgIpc) is 2.96. The van der Waals surface area contributed by atoms with Crippen LogP contribution in [0.4, 0.5) is 4.79 Å². The summed E-state index contributed by atoms with van der Waals surface area (Å²) in [6.45, 7) is 3.90. The van der Waals surface area contributed by atoms with Gasteiger partial charge in [-0.15, -0.1) is 0 Å². The molecule has 0 unspecified atom stereocenters. The van der Waals surface area contributed by atoms with E-state index in [2.05, 4.69) is 16.6 Å². The van der Waals surface area contributed by atoms with Crippen LogP contribution in [-0.4, -0.2) is 30.3 Å². The average molecular weight is 213 g/mol. The van der Waals surface area contributed by atoms with E-state index in [0.29, 0.717) is 25.8 Å². The summed E-state index contributed by atoms with van der Waals surface area (Å²) >= 11 is 0. The third-order valence-corrected chi connectivity index (χ3v) is 2.51. The first-order valence-corrected chi connectivity index (χ1v) is 4.86. The molecule has 0 saturated heterocycles. The normalized spacial score (nSPS) is 16.5. The summed E-state index contributed by atoms with van der Waals surface area (Å²) in [4.78, 5) is 21.7. The van der Waals surface area contributed by atoms with Gasteiger partial charge in [-0.2, -0.15) is 0 Å². The van der Waals surface area contributed by atoms with Gasteiger partial charge in [0.1, 0.15) is 6.61 Å². The van der Waals surface area contributed by atoms with Crippen molar-refractivity contribution in [1.82, 2.24) is 5.32 Å². The number of carboxylic acids is 1. The Labute approximate surface area is 88.1 Å². The molecule has 0 aromatic carbocycles. The molecule has 0 bridgehead atoms. The van der Waals surface area contributed by atoms with E-state index in [0.717, 1.165) is 0 Å². The van der Waals surface area contributed by atoms with Gasteiger partial charge in [0.25, 0.3) is 0 Å². The molecule has 84 valence electrons. The molecule has 0 heterocycles. The molecule has 0 atom stereocenters. The minimum absolute atomic E-state index is 0.163. The van der Waals surface area contributed by atoms with Crippen LogP contribution in [0.1, 0.15) is 19.3 Å². The van der Waals surface area contributed by atoms with E-state index in [9.17, 15) is 9.59 Å². The van der Waals surface area contributed by atoms with Gasteiger partial charge >= 0.3 is 12.1 Å². The molecule has 1 aliphatic carbocycles. The maximum Gasteiger partial charge on any atom is 0.407 e. The monoisotopic (exact) mass is 213 g/mol. The second-order valence-electron chi connectivity index (χ2n) is 3.65. The molecule has 1 amide bonds. The van der Waals surface area contributed by atoms with Crippen molar-refractivity contribution in [3.05, 3.63) is 12.7 Å². The van der Waals surface area contributed by atoms with Gasteiger partial charge in [-0.3, -0.25) is 4.79 Å². The minimum atomic E-state index is -0.774. The second-order valence-corrected chi connectivity index (χ2v) is 3.65. The summed E-state index contributed by atoms with van der Waals surface area (Å²) in [5.41, 5.74) is -0.592. The number of hydrogen-bond acceptors (Lipinski definition) is 3. The fraction of sp³-hybridized carbons (Fsp3) is 0.600. The second kappa shape index (κ2) is 4.82. The van der Waals surface area contributed by atoms with Gasteiger partial charge < -0.3 is 15.2 Å². The highest BCUT2D eigenvalue weighted by Gasteiger charge is 2.49. The van der Waals surface area contributed by atoms with E-state index in [1.807, 2.05) is 0 Å². The molecule has 1 saturated carbocycles. The van der Waals surface area contributed by atoms with Crippen LogP contribution in [0.5, 0.6) is 0 Å². The summed E-state index contributed by atoms with van der Waals surface area (Å²) < 4.78 is 4.67. The number of ether oxygens (including phenoxy) is 1. The third-order valence-electron chi connectivity index (χ3n) is 2.51. The van der Waals surface area contributed by atoms with Gasteiger partial charge in [0.05, 0.1) is 5.41 Å². The number of amides is 1. The van der Waals surface area contributed by atoms with Gasteiger partial charge in [0.2, 0.25) is 0 Å². The quantitative estimate of drug-likeness (QED) is 0.649. The molecule has 0 radical (unpaired) electrons. The number of alkyl carbamates (subject to hydrolysis) is 1. The Morgan fingerprint density at radius 3 is 2.67 bits per heavy atom. The van der Waals surface area contributed by atoms with E-state index in [1.165, 1.54) is 6.08 Å². The lowest BCUT2D eigenvalue weighted by Gasteiger charge is -2.09. The van der Waals surface area contributed by atoms with E-state index in [1.54, 1.807) is 0 Å². The summed E-state index contributed by atoms with van der Waals surface area (Å²) in [5.74, 6) is -0.774. The smallest absolute Gasteiger partial charge is 0.407 e. The summed E-state index contributed by atoms with van der Waals surface area (Å²) in [7, 11) is 0. The van der Waals surface area contributed by atoms with Crippen LogP contribution in [0, 0.1) is 5.41 Å². The van der Waals surface area contributed by atoms with Crippen LogP contribution in [0.15, 0.2) is 12.7 Å². The van der Waals surface area contributed by atoms with E-state index in [4.69, 9.17) is 5.11 Å². The lowest BCUT2D eigenvalue weighted by Crippen LogP contribution is -2.29. The van der Waals surface area contributed by atoms with Crippen LogP contribution in [0.2, 0.25) is 0 Å². The molecule has 5 nitrogen and oxygen atoms in total. The summed E-state index contributed by atoms with van der Waals surface area (Å²) in [6.07, 6.45) is 2.80. The van der Waals surface area contributed by atoms with Crippen molar-refractivity contribution >= 4 is 12.1 Å². The van der Waals surface area contributed by atoms with Gasteiger partial charge in [0.15, 0.2) is 0 Å². The molecule has 1 fully saturated rings. The highest BCUT2D eigenvalue weighted by atomic mass is 16.5. The number of hydrogen-bond donors (Lipinski definition) is 2. The number of nitrogens with one attached hydrogen (secondary N) is 1. The number of aliphatic carboxylic acids is 1. The highest BCUT2D eigenvalue weighted by Crippen LogP contribution is 2.48. The Bertz CT molecular complexity index is 271. The molecule has 2 N–H and O–H groups in total. The maximum atomic E-state index is 10.9. The Morgan fingerprint density at radius 2 is 2.20 bits per heavy atom. The summed E-state index contributed by atoms with van der Waals surface area (Å²) in [6, 6.07) is 0. The SMILES string of the molecule is C=CCOC(=O)NCCC1(C(=O)O)CC1. The van der Waals surface area contributed by atoms with Crippen LogP contribution >= 0.6 is 0 Å². The number of carboxylic acid groups (broad SMARTS) is 1. The fourth-order valence-electron chi connectivity index (χ4n) is 1.31. The van der Waals surface area contributed by atoms with Crippen LogP contribution in [0.3, 0.4) is 0 Å². The topological polar surface area (TPSA) is 75.6 Å². The van der Waals surface area contributed by atoms with E-state index < -0.39 is 17.5 Å². The zero-order valence-corrected chi connectivity index (χ0v) is 8.49. The van der Waals surface area contributed by atoms with Crippen molar-refractivity contribution in [2.45, 2.75) is 19.3 Å². The predicted molar refractivity (Wildman–Crippen MR) is 53.5 cm³/mol. The van der Waals surface area contributed by atoms with Crippen LogP contribution < -0.4 is 5.32 Å². The third kappa shape index (κ3) is 3.27. The highest BCUT2D eigenvalue weighted by molar-refractivity contribution is 5.77. The molecular formula is C10H15NO4. The lowest BCUT2D eigenvalue weighted by atomic mass is 10.0. The number of carbonyl (C=O) groups excluding carboxylic acids is 1. The molecule has 0 aromatic heterocycles. The van der Waals surface area contributed by atoms with Gasteiger partial charge in [0, 0.05) is 6.54 Å². The Balaban J connectivity index is 2.13. The van der Waals surface area contributed by atoms with E-state index in [-0.39, 0.29) is 6.61 Å². The van der Waals surface area contributed by atoms with Crippen LogP contribution in [-0.2, 0) is 9.53 Å². The predicted octanol–water partition coefficient (Wildman–Crippen LogP) is 1.15. The molecular weight excluding hydrogens is 198 g/mol. The lowest BCUT2D eigenvalue weighted by molar-refractivity contribution is -0.143. The largest absolute Gasteiger partial charge is 0.481 e. The molecule has 0 aliphatic heterocycles. The number of rotatable bonds is 6. The van der Waals surface area contributed by atoms with Crippen molar-refractivity contribution in [1.29, 1.82) is 0 Å². The first kappa shape index (κ1) is 11.6. The summed E-state index contributed by atoms with van der Waals surface area (Å²) in [5, 5.41) is 11.3. The van der Waals surface area contributed by atoms with Crippen molar-refractivity contribution in [3.8, 4) is 0 Å².